The van der Waals surface area contributed by atoms with E-state index in [1.807, 2.05) is 0 Å². The number of hydrogen-bond acceptors (Lipinski definition) is 17. The van der Waals surface area contributed by atoms with Gasteiger partial charge in [0.15, 0.2) is 12.1 Å². The van der Waals surface area contributed by atoms with Gasteiger partial charge in [-0.05, 0) is 19.4 Å². The maximum atomic E-state index is 14.1. The number of nitrogens with two attached hydrogens (primary N) is 2. The number of aromatic hydroxyl groups is 2. The number of aromatic nitrogens is 2. The van der Waals surface area contributed by atoms with Crippen LogP contribution in [0.5, 0.6) is 17.2 Å². The molecule has 0 spiro atoms. The zero-order chi connectivity index (χ0) is 55.5. The van der Waals surface area contributed by atoms with E-state index in [-0.39, 0.29) is 77.8 Å². The van der Waals surface area contributed by atoms with Gasteiger partial charge >= 0.3 is 0 Å². The summed E-state index contributed by atoms with van der Waals surface area (Å²) in [5.74, 6) is -3.48. The number of nitrogens with one attached hydrogen (secondary N) is 4. The second-order valence-corrected chi connectivity index (χ2v) is 20.9. The van der Waals surface area contributed by atoms with Crippen LogP contribution < -0.4 is 32.2 Å². The first-order valence-electron chi connectivity index (χ1n) is 27.8. The van der Waals surface area contributed by atoms with Crippen LogP contribution in [0.25, 0.3) is 0 Å². The highest BCUT2D eigenvalue weighted by Crippen LogP contribution is 2.52. The van der Waals surface area contributed by atoms with Gasteiger partial charge in [-0.1, -0.05) is 122 Å². The zero-order valence-electron chi connectivity index (χ0n) is 45.2. The average molecular weight is 1070 g/mol. The van der Waals surface area contributed by atoms with Crippen molar-refractivity contribution < 1.29 is 58.9 Å². The van der Waals surface area contributed by atoms with Crippen molar-refractivity contribution in [3.05, 3.63) is 81.7 Å². The molecule has 0 radical (unpaired) electrons. The summed E-state index contributed by atoms with van der Waals surface area (Å²) >= 11 is 0. The molecule has 7 unspecified atom stereocenters. The molecule has 7 atom stereocenters. The van der Waals surface area contributed by atoms with E-state index >= 15 is 0 Å². The standard InChI is InChI=1S/C57H84N8O12/c1-4-5-6-7-8-9-10-11-12-13-14-15-16-17-18-19-20-24-45(67)65-41(25-37-31-61-33-63-37)56(73)62-30-36(58)29-60-34-64-44(32-66)57(74)27-39-48(43(28-57)77-46-26-40(59)51(68)35(2)76-46)55(72)50-49(53(39)70)52(69)38-22-21-23-42(75-3)47(38)54(50)71/h21-23,29,31,33,35,40-41,43,46,51,60,66,68,70,72,74H,4-20,24-28,30,32,34,58-59H2,1-3H3,(H,61,63)(H,62,73)(H,65,67)/b36-29-,64-44-. The molecule has 2 amide bonds. The highest BCUT2D eigenvalue weighted by Gasteiger charge is 2.49. The minimum absolute atomic E-state index is 0.00625. The fraction of sp³-hybridized carbons (Fsp3) is 0.614. The quantitative estimate of drug-likeness (QED) is 0.0156. The normalized spacial score (nSPS) is 21.7. The number of carbonyl (C=O) groups is 4. The number of aliphatic hydroxyl groups excluding tert-OH is 2. The Hall–Kier alpha value is -5.90. The van der Waals surface area contributed by atoms with Gasteiger partial charge in [0.1, 0.15) is 35.6 Å². The maximum Gasteiger partial charge on any atom is 0.243 e. The van der Waals surface area contributed by atoms with E-state index in [1.54, 1.807) is 13.1 Å². The van der Waals surface area contributed by atoms with E-state index in [0.717, 1.165) is 25.7 Å². The van der Waals surface area contributed by atoms with Crippen molar-refractivity contribution in [2.45, 2.75) is 197 Å². The molecule has 1 fully saturated rings. The molecule has 0 saturated carbocycles. The predicted molar refractivity (Wildman–Crippen MR) is 290 cm³/mol. The summed E-state index contributed by atoms with van der Waals surface area (Å²) in [7, 11) is 1.33. The lowest BCUT2D eigenvalue weighted by atomic mass is 9.71. The fourth-order valence-electron chi connectivity index (χ4n) is 10.7. The first-order chi connectivity index (χ1) is 37.1. The molecule has 2 heterocycles. The van der Waals surface area contributed by atoms with Crippen molar-refractivity contribution in [3.63, 3.8) is 0 Å². The second-order valence-electron chi connectivity index (χ2n) is 20.9. The molecular weight excluding hydrogens is 989 g/mol. The number of fused-ring (bicyclic) bond motifs is 3. The van der Waals surface area contributed by atoms with Gasteiger partial charge in [-0.3, -0.25) is 24.2 Å². The molecular formula is C57H84N8O12. The first kappa shape index (κ1) is 60.3. The Morgan fingerprint density at radius 3 is 2.18 bits per heavy atom. The summed E-state index contributed by atoms with van der Waals surface area (Å²) in [6.45, 7) is 2.72. The lowest BCUT2D eigenvalue weighted by Gasteiger charge is -2.43. The molecule has 424 valence electrons. The van der Waals surface area contributed by atoms with Gasteiger partial charge in [0, 0.05) is 78.6 Å². The molecule has 6 rings (SSSR count). The number of aromatic amines is 1. The third-order valence-electron chi connectivity index (χ3n) is 15.1. The minimum atomic E-state index is -2.08. The number of aliphatic hydroxyl groups is 3. The number of ketones is 2. The molecule has 1 aromatic heterocycles. The van der Waals surface area contributed by atoms with Crippen LogP contribution in [0.3, 0.4) is 0 Å². The average Bonchev–Trinajstić information content (AvgIpc) is 4.09. The van der Waals surface area contributed by atoms with Crippen molar-refractivity contribution >= 4 is 29.1 Å². The van der Waals surface area contributed by atoms with Crippen LogP contribution in [-0.4, -0.2) is 128 Å². The highest BCUT2D eigenvalue weighted by atomic mass is 16.7. The van der Waals surface area contributed by atoms with Gasteiger partial charge < -0.3 is 72.1 Å². The fourth-order valence-corrected chi connectivity index (χ4v) is 10.7. The Morgan fingerprint density at radius 1 is 0.948 bits per heavy atom. The van der Waals surface area contributed by atoms with Crippen LogP contribution in [-0.2, 0) is 31.9 Å². The largest absolute Gasteiger partial charge is 0.507 e. The van der Waals surface area contributed by atoms with Crippen LogP contribution >= 0.6 is 0 Å². The summed E-state index contributed by atoms with van der Waals surface area (Å²) in [5.41, 5.74) is 9.74. The van der Waals surface area contributed by atoms with Gasteiger partial charge in [-0.15, -0.1) is 0 Å². The molecule has 3 aliphatic rings. The predicted octanol–water partition coefficient (Wildman–Crippen LogP) is 5.83. The molecule has 2 aliphatic carbocycles. The third kappa shape index (κ3) is 16.1. The second kappa shape index (κ2) is 29.7. The van der Waals surface area contributed by atoms with E-state index in [0.29, 0.717) is 12.1 Å². The van der Waals surface area contributed by atoms with Crippen LogP contribution in [0.15, 0.2) is 47.6 Å². The van der Waals surface area contributed by atoms with E-state index < -0.39 is 95.4 Å². The number of rotatable bonds is 32. The molecule has 20 nitrogen and oxygen atoms in total. The number of phenolic OH excluding ortho intramolecular Hbond substituents is 2. The van der Waals surface area contributed by atoms with E-state index in [2.05, 4.69) is 37.8 Å². The van der Waals surface area contributed by atoms with Crippen LogP contribution in [0.1, 0.15) is 197 Å². The van der Waals surface area contributed by atoms with Gasteiger partial charge in [-0.25, -0.2) is 4.98 Å². The van der Waals surface area contributed by atoms with Crippen LogP contribution in [0, 0.1) is 0 Å². The number of amides is 2. The molecule has 77 heavy (non-hydrogen) atoms. The molecule has 13 N–H and O–H groups in total. The highest BCUT2D eigenvalue weighted by molar-refractivity contribution is 6.31. The van der Waals surface area contributed by atoms with Crippen molar-refractivity contribution in [2.24, 2.45) is 16.5 Å². The molecule has 1 saturated heterocycles. The number of ether oxygens (including phenoxy) is 3. The Bertz CT molecular complexity index is 2490. The number of benzene rings is 2. The number of hydrogen-bond donors (Lipinski definition) is 11. The number of H-pyrrole nitrogens is 1. The van der Waals surface area contributed by atoms with E-state index in [1.165, 1.54) is 121 Å². The third-order valence-corrected chi connectivity index (χ3v) is 15.1. The number of phenols is 2. The summed E-state index contributed by atoms with van der Waals surface area (Å²) in [5, 5.41) is 66.1. The minimum Gasteiger partial charge on any atom is -0.507 e. The van der Waals surface area contributed by atoms with Crippen LogP contribution in [0.2, 0.25) is 0 Å². The van der Waals surface area contributed by atoms with Crippen molar-refractivity contribution in [1.82, 2.24) is 25.9 Å². The van der Waals surface area contributed by atoms with Gasteiger partial charge in [0.05, 0.1) is 67.3 Å². The summed E-state index contributed by atoms with van der Waals surface area (Å²) in [6.07, 6.45) is 21.0. The summed E-state index contributed by atoms with van der Waals surface area (Å²) < 4.78 is 17.7. The molecule has 0 bridgehead atoms. The molecule has 1 aliphatic heterocycles. The van der Waals surface area contributed by atoms with Crippen molar-refractivity contribution in [3.8, 4) is 17.2 Å². The van der Waals surface area contributed by atoms with E-state index in [4.69, 9.17) is 25.7 Å². The molecule has 20 heteroatoms. The molecule has 2 aromatic carbocycles. The molecule has 3 aromatic rings. The lowest BCUT2D eigenvalue weighted by Crippen LogP contribution is -2.53. The monoisotopic (exact) mass is 1070 g/mol. The Morgan fingerprint density at radius 2 is 1.58 bits per heavy atom. The Kier molecular flexibility index (Phi) is 23.3. The number of unbranched alkanes of at least 4 members (excludes halogenated alkanes) is 16. The SMILES string of the molecule is CCCCCCCCCCCCCCCCCCCC(=O)NC(Cc1cnc[nH]1)C(=O)NC/C(N)=C/NC/N=C(/CO)C1(O)Cc2c(O)c3c(c(O)c2C(OC2CC(N)C(O)C(C)O2)C1)C(=O)c1c(OC)cccc1C3=O. The van der Waals surface area contributed by atoms with E-state index in [9.17, 15) is 44.7 Å². The number of carbonyl (C=O) groups excluding carboxylic acids is 4. The number of nitrogens with zero attached hydrogens (tertiary/aromatic N) is 2. The van der Waals surface area contributed by atoms with Crippen molar-refractivity contribution in [1.29, 1.82) is 0 Å². The lowest BCUT2D eigenvalue weighted by molar-refractivity contribution is -0.245. The van der Waals surface area contributed by atoms with Crippen LogP contribution in [0.4, 0.5) is 0 Å². The van der Waals surface area contributed by atoms with Crippen molar-refractivity contribution in [2.75, 3.05) is 26.9 Å². The number of imidazole rings is 1. The Balaban J connectivity index is 1.03. The van der Waals surface area contributed by atoms with Gasteiger partial charge in [0.25, 0.3) is 0 Å². The zero-order valence-corrected chi connectivity index (χ0v) is 45.2. The first-order valence-corrected chi connectivity index (χ1v) is 27.8. The topological polar surface area (TPSA) is 326 Å². The number of methoxy groups -OCH3 is 1. The maximum absolute atomic E-state index is 14.1. The number of aliphatic imine (C=N–C) groups is 1. The van der Waals surface area contributed by atoms with Gasteiger partial charge in [0.2, 0.25) is 17.6 Å². The summed E-state index contributed by atoms with van der Waals surface area (Å²) in [4.78, 5) is 66.2. The van der Waals surface area contributed by atoms with Gasteiger partial charge in [-0.2, -0.15) is 0 Å². The smallest absolute Gasteiger partial charge is 0.243 e. The summed E-state index contributed by atoms with van der Waals surface area (Å²) in [6, 6.07) is 2.74. The Labute approximate surface area is 452 Å².